The van der Waals surface area contributed by atoms with Gasteiger partial charge in [-0.3, -0.25) is 9.69 Å². The van der Waals surface area contributed by atoms with E-state index in [4.69, 9.17) is 5.11 Å². The van der Waals surface area contributed by atoms with Gasteiger partial charge in [0.1, 0.15) is 0 Å². The maximum atomic E-state index is 13.5. The van der Waals surface area contributed by atoms with Crippen LogP contribution in [0.3, 0.4) is 0 Å². The first-order valence-corrected chi connectivity index (χ1v) is 13.9. The van der Waals surface area contributed by atoms with Crippen molar-refractivity contribution < 1.29 is 28.3 Å². The number of aliphatic carboxylic acids is 1. The van der Waals surface area contributed by atoms with Crippen LogP contribution in [0.2, 0.25) is 0 Å². The normalized spacial score (nSPS) is 13.2. The summed E-state index contributed by atoms with van der Waals surface area (Å²) in [5.74, 6) is -7.21. The van der Waals surface area contributed by atoms with Crippen molar-refractivity contribution >= 4 is 50.8 Å². The lowest BCUT2D eigenvalue weighted by molar-refractivity contribution is -0.163. The minimum Gasteiger partial charge on any atom is -0.477 e. The maximum Gasteiger partial charge on any atom is 0.376 e. The Kier molecular flexibility index (Phi) is 9.54. The van der Waals surface area contributed by atoms with Crippen molar-refractivity contribution in [2.24, 2.45) is 0 Å². The number of halogens is 3. The predicted molar refractivity (Wildman–Crippen MR) is 158 cm³/mol. The van der Waals surface area contributed by atoms with Gasteiger partial charge in [0.15, 0.2) is 0 Å². The lowest BCUT2D eigenvalue weighted by Gasteiger charge is -2.24. The molecule has 214 valence electrons. The number of carbonyl (C=O) groups is 3. The molecule has 3 aromatic rings. The fourth-order valence-corrected chi connectivity index (χ4v) is 5.16. The van der Waals surface area contributed by atoms with Gasteiger partial charge < -0.3 is 15.7 Å². The van der Waals surface area contributed by atoms with Gasteiger partial charge in [0, 0.05) is 21.4 Å². The second-order valence-electron chi connectivity index (χ2n) is 9.94. The summed E-state index contributed by atoms with van der Waals surface area (Å²) in [6.07, 6.45) is 6.70. The number of anilines is 2. The Bertz CT molecular complexity index is 1440. The summed E-state index contributed by atoms with van der Waals surface area (Å²) >= 11 is 3.46. The zero-order valence-electron chi connectivity index (χ0n) is 22.4. The molecule has 3 amide bonds. The van der Waals surface area contributed by atoms with Crippen molar-refractivity contribution in [2.45, 2.75) is 45.1 Å². The molecule has 7 nitrogen and oxygen atoms in total. The minimum atomic E-state index is -4.07. The van der Waals surface area contributed by atoms with E-state index >= 15 is 0 Å². The summed E-state index contributed by atoms with van der Waals surface area (Å²) in [6, 6.07) is 19.2. The number of nitrogens with zero attached hydrogens (tertiary/aromatic N) is 1. The molecule has 1 aliphatic carbocycles. The highest BCUT2D eigenvalue weighted by Crippen LogP contribution is 2.29. The van der Waals surface area contributed by atoms with E-state index in [1.165, 1.54) is 24.1 Å². The third-order valence-electron chi connectivity index (χ3n) is 6.72. The highest BCUT2D eigenvalue weighted by Gasteiger charge is 2.39. The molecule has 4 rings (SSSR count). The van der Waals surface area contributed by atoms with Gasteiger partial charge in [-0.05, 0) is 97.3 Å². The van der Waals surface area contributed by atoms with Crippen molar-refractivity contribution in [1.82, 2.24) is 5.32 Å². The van der Waals surface area contributed by atoms with E-state index in [0.29, 0.717) is 16.9 Å². The lowest BCUT2D eigenvalue weighted by Crippen LogP contribution is -2.42. The van der Waals surface area contributed by atoms with Gasteiger partial charge in [-0.1, -0.05) is 46.3 Å². The Labute approximate surface area is 245 Å². The van der Waals surface area contributed by atoms with Gasteiger partial charge in [-0.15, -0.1) is 0 Å². The molecule has 0 heterocycles. The third-order valence-corrected chi connectivity index (χ3v) is 7.18. The smallest absolute Gasteiger partial charge is 0.376 e. The first-order chi connectivity index (χ1) is 19.5. The van der Waals surface area contributed by atoms with Crippen LogP contribution in [0, 0.1) is 6.92 Å². The number of benzene rings is 3. The zero-order valence-corrected chi connectivity index (χ0v) is 24.0. The topological polar surface area (TPSA) is 98.7 Å². The molecule has 0 bridgehead atoms. The molecule has 1 aliphatic rings. The molecule has 41 heavy (non-hydrogen) atoms. The molecule has 0 radical (unpaired) electrons. The summed E-state index contributed by atoms with van der Waals surface area (Å²) in [4.78, 5) is 38.0. The fourth-order valence-electron chi connectivity index (χ4n) is 4.55. The first-order valence-electron chi connectivity index (χ1n) is 13.2. The molecule has 0 atom stereocenters. The molecule has 0 aliphatic heterocycles. The highest BCUT2D eigenvalue weighted by molar-refractivity contribution is 9.10. The van der Waals surface area contributed by atoms with Crippen LogP contribution in [0.5, 0.6) is 0 Å². The molecule has 0 fully saturated rings. The number of carboxylic acid groups (broad SMARTS) is 1. The number of urea groups is 1. The van der Waals surface area contributed by atoms with Crippen molar-refractivity contribution in [2.75, 3.05) is 16.8 Å². The Morgan fingerprint density at radius 1 is 1.00 bits per heavy atom. The van der Waals surface area contributed by atoms with Gasteiger partial charge >= 0.3 is 17.9 Å². The van der Waals surface area contributed by atoms with E-state index in [9.17, 15) is 23.2 Å². The van der Waals surface area contributed by atoms with E-state index in [0.717, 1.165) is 34.9 Å². The van der Waals surface area contributed by atoms with Gasteiger partial charge in [0.25, 0.3) is 5.91 Å². The molecule has 0 saturated heterocycles. The first kappa shape index (κ1) is 29.9. The van der Waals surface area contributed by atoms with Gasteiger partial charge in [-0.25, -0.2) is 9.59 Å². The standard InChI is InChI=1S/C31H30BrF2N3O4/c1-20-15-25(32)17-26(16-20)36-30(41)37(27-13-11-23(12-14-27)22-5-3-2-4-6-22)18-21-7-9-24(10-8-21)28(38)35-19-31(33,34)29(39)40/h5,7-17H,2-4,6,18-19H2,1H3,(H,35,38)(H,36,41)(H,39,40). The highest BCUT2D eigenvalue weighted by atomic mass is 79.9. The van der Waals surface area contributed by atoms with Crippen LogP contribution in [0.15, 0.2) is 77.3 Å². The number of rotatable bonds is 9. The van der Waals surface area contributed by atoms with Gasteiger partial charge in [0.05, 0.1) is 13.1 Å². The third kappa shape index (κ3) is 8.00. The SMILES string of the molecule is Cc1cc(Br)cc(NC(=O)N(Cc2ccc(C(=O)NCC(F)(F)C(=O)O)cc2)c2ccc(C3=CCCCC3)cc2)c1. The van der Waals surface area contributed by atoms with Crippen LogP contribution in [0.25, 0.3) is 5.57 Å². The largest absolute Gasteiger partial charge is 0.477 e. The molecule has 0 saturated carbocycles. The number of allylic oxidation sites excluding steroid dienone is 2. The quantitative estimate of drug-likeness (QED) is 0.231. The van der Waals surface area contributed by atoms with Crippen molar-refractivity contribution in [3.05, 3.63) is 99.5 Å². The Morgan fingerprint density at radius 3 is 2.32 bits per heavy atom. The molecular formula is C31H30BrF2N3O4. The van der Waals surface area contributed by atoms with E-state index in [-0.39, 0.29) is 18.1 Å². The van der Waals surface area contributed by atoms with Crippen molar-refractivity contribution in [1.29, 1.82) is 0 Å². The summed E-state index contributed by atoms with van der Waals surface area (Å²) in [6.45, 7) is 0.774. The number of hydrogen-bond donors (Lipinski definition) is 3. The van der Waals surface area contributed by atoms with Crippen LogP contribution in [0.1, 0.15) is 52.7 Å². The maximum absolute atomic E-state index is 13.5. The zero-order chi connectivity index (χ0) is 29.6. The molecule has 0 aromatic heterocycles. The predicted octanol–water partition coefficient (Wildman–Crippen LogP) is 7.40. The second-order valence-corrected chi connectivity index (χ2v) is 10.9. The number of nitrogens with one attached hydrogen (secondary N) is 2. The Morgan fingerprint density at radius 2 is 1.71 bits per heavy atom. The average molecular weight is 626 g/mol. The van der Waals surface area contributed by atoms with Crippen LogP contribution in [0.4, 0.5) is 25.0 Å². The molecule has 10 heteroatoms. The lowest BCUT2D eigenvalue weighted by atomic mass is 9.93. The van der Waals surface area contributed by atoms with Crippen LogP contribution in [-0.4, -0.2) is 35.5 Å². The van der Waals surface area contributed by atoms with E-state index in [1.54, 1.807) is 17.0 Å². The number of amides is 3. The fraction of sp³-hybridized carbons (Fsp3) is 0.258. The van der Waals surface area contributed by atoms with Gasteiger partial charge in [0.2, 0.25) is 0 Å². The summed E-state index contributed by atoms with van der Waals surface area (Å²) in [5, 5.41) is 13.4. The summed E-state index contributed by atoms with van der Waals surface area (Å²) in [5.41, 5.74) is 5.48. The Balaban J connectivity index is 1.54. The number of alkyl halides is 2. The van der Waals surface area contributed by atoms with E-state index in [2.05, 4.69) is 27.3 Å². The number of carboxylic acids is 1. The average Bonchev–Trinajstić information content (AvgIpc) is 2.95. The molecule has 0 unspecified atom stereocenters. The monoisotopic (exact) mass is 625 g/mol. The van der Waals surface area contributed by atoms with Gasteiger partial charge in [-0.2, -0.15) is 8.78 Å². The molecule has 0 spiro atoms. The number of aryl methyl sites for hydroxylation is 1. The number of hydrogen-bond acceptors (Lipinski definition) is 3. The second kappa shape index (κ2) is 13.1. The minimum absolute atomic E-state index is 0.0839. The number of carbonyl (C=O) groups excluding carboxylic acids is 2. The van der Waals surface area contributed by atoms with Crippen molar-refractivity contribution in [3.8, 4) is 0 Å². The molecule has 3 N–H and O–H groups in total. The summed E-state index contributed by atoms with van der Waals surface area (Å²) in [7, 11) is 0. The molecular weight excluding hydrogens is 596 g/mol. The van der Waals surface area contributed by atoms with Crippen LogP contribution >= 0.6 is 15.9 Å². The van der Waals surface area contributed by atoms with E-state index < -0.39 is 24.3 Å². The van der Waals surface area contributed by atoms with E-state index in [1.807, 2.05) is 54.7 Å². The summed E-state index contributed by atoms with van der Waals surface area (Å²) < 4.78 is 27.5. The molecule has 3 aromatic carbocycles. The van der Waals surface area contributed by atoms with Crippen molar-refractivity contribution in [3.63, 3.8) is 0 Å². The van der Waals surface area contributed by atoms with Crippen LogP contribution in [-0.2, 0) is 11.3 Å². The van der Waals surface area contributed by atoms with Crippen LogP contribution < -0.4 is 15.5 Å². The Hall–Kier alpha value is -4.05.